The Bertz CT molecular complexity index is 199. The van der Waals surface area contributed by atoms with Crippen molar-refractivity contribution in [3.63, 3.8) is 0 Å². The Balaban J connectivity index is 3.52. The maximum atomic E-state index is 11.0. The summed E-state index contributed by atoms with van der Waals surface area (Å²) < 4.78 is 4.35. The minimum Gasteiger partial charge on any atom is -0.469 e. The van der Waals surface area contributed by atoms with Gasteiger partial charge in [-0.3, -0.25) is 9.59 Å². The van der Waals surface area contributed by atoms with Crippen LogP contribution in [0.25, 0.3) is 0 Å². The second-order valence-corrected chi connectivity index (χ2v) is 2.76. The number of halogens is 1. The molecule has 0 atom stereocenters. The molecule has 0 aliphatic rings. The number of methoxy groups -OCH3 is 1. The lowest BCUT2D eigenvalue weighted by atomic mass is 10.1. The van der Waals surface area contributed by atoms with Gasteiger partial charge in [0.1, 0.15) is 12.2 Å². The number of hydrogen-bond acceptors (Lipinski definition) is 3. The van der Waals surface area contributed by atoms with Gasteiger partial charge >= 0.3 is 5.97 Å². The third kappa shape index (κ3) is 7.53. The minimum absolute atomic E-state index is 0.105. The molecule has 0 N–H and O–H groups in total. The van der Waals surface area contributed by atoms with Crippen LogP contribution in [0.15, 0.2) is 12.2 Å². The molecule has 0 amide bonds. The van der Waals surface area contributed by atoms with E-state index in [1.54, 1.807) is 6.08 Å². The second kappa shape index (κ2) is 7.80. The van der Waals surface area contributed by atoms with E-state index in [-0.39, 0.29) is 12.2 Å². The van der Waals surface area contributed by atoms with Crippen LogP contribution in [0.5, 0.6) is 0 Å². The fraction of sp³-hybridized carbons (Fsp3) is 0.556. The number of Topliss-reactive ketones (excluding diaryl/α,β-unsaturated/α-hetero) is 1. The maximum Gasteiger partial charge on any atom is 0.313 e. The first-order chi connectivity index (χ1) is 6.20. The number of carbonyl (C=O) groups is 2. The van der Waals surface area contributed by atoms with Crippen LogP contribution in [0.4, 0.5) is 0 Å². The van der Waals surface area contributed by atoms with E-state index >= 15 is 0 Å². The average Bonchev–Trinajstić information content (AvgIpc) is 2.12. The molecule has 0 radical (unpaired) electrons. The second-order valence-electron chi connectivity index (χ2n) is 2.46. The van der Waals surface area contributed by atoms with Gasteiger partial charge in [-0.1, -0.05) is 12.2 Å². The van der Waals surface area contributed by atoms with Gasteiger partial charge in [0.25, 0.3) is 0 Å². The van der Waals surface area contributed by atoms with Crippen LogP contribution in [0.2, 0.25) is 0 Å². The molecule has 0 saturated heterocycles. The lowest BCUT2D eigenvalue weighted by Gasteiger charge is -1.96. The number of ether oxygens (including phenoxy) is 1. The summed E-state index contributed by atoms with van der Waals surface area (Å²) in [6.07, 6.45) is 4.45. The lowest BCUT2D eigenvalue weighted by Crippen LogP contribution is -2.08. The monoisotopic (exact) mass is 204 g/mol. The number of alkyl halides is 1. The third-order valence-electron chi connectivity index (χ3n) is 1.41. The molecule has 0 rings (SSSR count). The topological polar surface area (TPSA) is 43.4 Å². The molecule has 13 heavy (non-hydrogen) atoms. The van der Waals surface area contributed by atoms with Gasteiger partial charge in [0.05, 0.1) is 7.11 Å². The Hall–Kier alpha value is -0.830. The molecule has 0 aromatic carbocycles. The van der Waals surface area contributed by atoms with Crippen LogP contribution in [-0.2, 0) is 14.3 Å². The molecule has 74 valence electrons. The summed E-state index contributed by atoms with van der Waals surface area (Å²) in [5.74, 6) is -0.136. The van der Waals surface area contributed by atoms with E-state index in [1.807, 2.05) is 6.08 Å². The van der Waals surface area contributed by atoms with Crippen molar-refractivity contribution in [3.05, 3.63) is 12.2 Å². The third-order valence-corrected chi connectivity index (χ3v) is 1.59. The van der Waals surface area contributed by atoms with Gasteiger partial charge in [0.15, 0.2) is 0 Å². The Morgan fingerprint density at radius 2 is 2.08 bits per heavy atom. The van der Waals surface area contributed by atoms with Crippen molar-refractivity contribution in [2.24, 2.45) is 0 Å². The van der Waals surface area contributed by atoms with Crippen LogP contribution in [-0.4, -0.2) is 24.7 Å². The van der Waals surface area contributed by atoms with Crippen molar-refractivity contribution >= 4 is 23.4 Å². The number of esters is 1. The molecule has 0 heterocycles. The first-order valence-corrected chi connectivity index (χ1v) is 4.53. The molecule has 0 spiro atoms. The zero-order chi connectivity index (χ0) is 10.1. The quantitative estimate of drug-likeness (QED) is 0.286. The molecule has 0 saturated carbocycles. The molecule has 0 fully saturated rings. The van der Waals surface area contributed by atoms with E-state index in [0.717, 1.165) is 0 Å². The SMILES string of the molecule is COC(=O)CC(=O)CC/C=C\CCl. The van der Waals surface area contributed by atoms with E-state index in [0.29, 0.717) is 18.7 Å². The molecular weight excluding hydrogens is 192 g/mol. The van der Waals surface area contributed by atoms with Gasteiger partial charge in [-0.25, -0.2) is 0 Å². The zero-order valence-electron chi connectivity index (χ0n) is 7.59. The van der Waals surface area contributed by atoms with Crippen molar-refractivity contribution < 1.29 is 14.3 Å². The molecule has 0 unspecified atom stereocenters. The molecule has 0 bridgehead atoms. The minimum atomic E-state index is -0.480. The summed E-state index contributed by atoms with van der Waals surface area (Å²) in [6.45, 7) is 0. The largest absolute Gasteiger partial charge is 0.469 e. The van der Waals surface area contributed by atoms with E-state index in [4.69, 9.17) is 11.6 Å². The summed E-state index contributed by atoms with van der Waals surface area (Å²) in [7, 11) is 1.27. The molecular formula is C9H13ClO3. The van der Waals surface area contributed by atoms with Gasteiger partial charge in [-0.05, 0) is 6.42 Å². The van der Waals surface area contributed by atoms with E-state index in [9.17, 15) is 9.59 Å². The van der Waals surface area contributed by atoms with Gasteiger partial charge in [-0.2, -0.15) is 0 Å². The van der Waals surface area contributed by atoms with Crippen molar-refractivity contribution in [1.29, 1.82) is 0 Å². The van der Waals surface area contributed by atoms with Gasteiger partial charge in [0, 0.05) is 12.3 Å². The lowest BCUT2D eigenvalue weighted by molar-refractivity contribution is -0.143. The van der Waals surface area contributed by atoms with E-state index in [1.165, 1.54) is 7.11 Å². The van der Waals surface area contributed by atoms with E-state index in [2.05, 4.69) is 4.74 Å². The highest BCUT2D eigenvalue weighted by Gasteiger charge is 2.07. The zero-order valence-corrected chi connectivity index (χ0v) is 8.34. The highest BCUT2D eigenvalue weighted by atomic mass is 35.5. The molecule has 3 nitrogen and oxygen atoms in total. The molecule has 0 aliphatic heterocycles. The molecule has 4 heteroatoms. The van der Waals surface area contributed by atoms with Gasteiger partial charge in [-0.15, -0.1) is 11.6 Å². The molecule has 0 aliphatic carbocycles. The Morgan fingerprint density at radius 1 is 1.38 bits per heavy atom. The summed E-state index contributed by atoms with van der Waals surface area (Å²) in [4.78, 5) is 21.6. The van der Waals surface area contributed by atoms with Crippen molar-refractivity contribution in [2.45, 2.75) is 19.3 Å². The number of ketones is 1. The normalized spacial score (nSPS) is 10.3. The van der Waals surface area contributed by atoms with Crippen LogP contribution in [0.1, 0.15) is 19.3 Å². The Labute approximate surface area is 82.7 Å². The number of rotatable bonds is 6. The van der Waals surface area contributed by atoms with Crippen LogP contribution in [0, 0.1) is 0 Å². The van der Waals surface area contributed by atoms with Gasteiger partial charge in [0.2, 0.25) is 0 Å². The first-order valence-electron chi connectivity index (χ1n) is 4.00. The standard InChI is InChI=1S/C9H13ClO3/c1-13-9(12)7-8(11)5-3-2-4-6-10/h2,4H,3,5-7H2,1H3/b4-2-. The average molecular weight is 205 g/mol. The summed E-state index contributed by atoms with van der Waals surface area (Å²) in [6, 6.07) is 0. The predicted octanol–water partition coefficient (Wildman–Crippen LogP) is 1.69. The fourth-order valence-electron chi connectivity index (χ4n) is 0.747. The van der Waals surface area contributed by atoms with Crippen LogP contribution >= 0.6 is 11.6 Å². The number of carbonyl (C=O) groups excluding carboxylic acids is 2. The van der Waals surface area contributed by atoms with Crippen LogP contribution in [0.3, 0.4) is 0 Å². The van der Waals surface area contributed by atoms with Gasteiger partial charge < -0.3 is 4.74 Å². The van der Waals surface area contributed by atoms with E-state index < -0.39 is 5.97 Å². The van der Waals surface area contributed by atoms with Crippen LogP contribution < -0.4 is 0 Å². The highest BCUT2D eigenvalue weighted by Crippen LogP contribution is 1.98. The van der Waals surface area contributed by atoms with Crippen molar-refractivity contribution in [3.8, 4) is 0 Å². The Kier molecular flexibility index (Phi) is 7.30. The summed E-state index contributed by atoms with van der Waals surface area (Å²) in [5.41, 5.74) is 0. The smallest absolute Gasteiger partial charge is 0.313 e. The maximum absolute atomic E-state index is 11.0. The number of allylic oxidation sites excluding steroid dienone is 2. The molecule has 0 aromatic heterocycles. The number of hydrogen-bond donors (Lipinski definition) is 0. The summed E-state index contributed by atoms with van der Waals surface area (Å²) in [5, 5.41) is 0. The predicted molar refractivity (Wildman–Crippen MR) is 50.7 cm³/mol. The van der Waals surface area contributed by atoms with Crippen molar-refractivity contribution in [2.75, 3.05) is 13.0 Å². The summed E-state index contributed by atoms with van der Waals surface area (Å²) >= 11 is 5.38. The Morgan fingerprint density at radius 3 is 2.62 bits per heavy atom. The fourth-order valence-corrected chi connectivity index (χ4v) is 0.873. The first kappa shape index (κ1) is 12.2. The molecule has 0 aromatic rings. The highest BCUT2D eigenvalue weighted by molar-refractivity contribution is 6.18. The van der Waals surface area contributed by atoms with Crippen molar-refractivity contribution in [1.82, 2.24) is 0 Å².